The van der Waals surface area contributed by atoms with Crippen molar-refractivity contribution in [1.82, 2.24) is 4.90 Å². The van der Waals surface area contributed by atoms with Crippen LogP contribution in [0, 0.1) is 0 Å². The summed E-state index contributed by atoms with van der Waals surface area (Å²) in [5.41, 5.74) is 0.422. The lowest BCUT2D eigenvalue weighted by Gasteiger charge is -2.26. The summed E-state index contributed by atoms with van der Waals surface area (Å²) in [5.74, 6) is 0. The van der Waals surface area contributed by atoms with Crippen molar-refractivity contribution >= 4 is 24.0 Å². The molecule has 0 radical (unpaired) electrons. The lowest BCUT2D eigenvalue weighted by atomic mass is 10.1. The van der Waals surface area contributed by atoms with Crippen LogP contribution in [0.4, 0.5) is 26.3 Å². The van der Waals surface area contributed by atoms with Gasteiger partial charge in [-0.3, -0.25) is 0 Å². The lowest BCUT2D eigenvalue weighted by Crippen LogP contribution is -2.48. The second-order valence-corrected chi connectivity index (χ2v) is 3.32. The van der Waals surface area contributed by atoms with E-state index in [9.17, 15) is 26.3 Å². The van der Waals surface area contributed by atoms with Gasteiger partial charge >= 0.3 is 12.6 Å². The number of nitrogens with zero attached hydrogens (tertiary/aromatic N) is 1. The molecule has 0 spiro atoms. The van der Waals surface area contributed by atoms with Crippen LogP contribution in [0.1, 0.15) is 5.56 Å². The van der Waals surface area contributed by atoms with Gasteiger partial charge in [0.15, 0.2) is 0 Å². The van der Waals surface area contributed by atoms with Crippen LogP contribution in [-0.4, -0.2) is 24.0 Å². The summed E-state index contributed by atoms with van der Waals surface area (Å²) in [6.45, 7) is -1.14. The van der Waals surface area contributed by atoms with Gasteiger partial charge in [0.25, 0.3) is 0 Å². The Labute approximate surface area is 117 Å². The van der Waals surface area contributed by atoms with Crippen LogP contribution in [0.25, 0.3) is 0 Å². The van der Waals surface area contributed by atoms with Crippen molar-refractivity contribution in [3.05, 3.63) is 35.9 Å². The molecule has 0 saturated carbocycles. The third-order valence-electron chi connectivity index (χ3n) is 2.08. The van der Waals surface area contributed by atoms with E-state index >= 15 is 0 Å². The Morgan fingerprint density at radius 1 is 0.833 bits per heavy atom. The van der Waals surface area contributed by atoms with Crippen LogP contribution < -0.4 is 0 Å². The molecule has 0 aliphatic carbocycles. The highest BCUT2D eigenvalue weighted by molar-refractivity contribution is 14.0. The molecule has 0 aliphatic rings. The maximum atomic E-state index is 12.1. The van der Waals surface area contributed by atoms with Gasteiger partial charge in [-0.2, -0.15) is 26.3 Å². The van der Waals surface area contributed by atoms with Gasteiger partial charge < -0.3 is 0 Å². The summed E-state index contributed by atoms with van der Waals surface area (Å²) in [6, 6.07) is 7.70. The number of hydrogen-bond donors (Lipinski definition) is 0. The third kappa shape index (κ3) is 5.42. The van der Waals surface area contributed by atoms with Crippen molar-refractivity contribution in [3.63, 3.8) is 0 Å². The smallest absolute Gasteiger partial charge is 0.155 e. The van der Waals surface area contributed by atoms with Gasteiger partial charge in [0.1, 0.15) is 0 Å². The molecule has 1 rings (SSSR count). The first-order chi connectivity index (χ1) is 7.71. The fourth-order valence-electron chi connectivity index (χ4n) is 1.28. The maximum Gasteiger partial charge on any atom is 0.467 e. The number of halogens is 7. The van der Waals surface area contributed by atoms with E-state index in [1.807, 2.05) is 0 Å². The lowest BCUT2D eigenvalue weighted by molar-refractivity contribution is -0.372. The summed E-state index contributed by atoms with van der Waals surface area (Å²) in [6.07, 6.45) is -11.1. The molecule has 1 nitrogen and oxygen atoms in total. The first kappa shape index (κ1) is 17.5. The largest absolute Gasteiger partial charge is 0.467 e. The van der Waals surface area contributed by atoms with E-state index < -0.39 is 24.0 Å². The second kappa shape index (κ2) is 6.60. The van der Waals surface area contributed by atoms with Gasteiger partial charge in [-0.05, 0) is 12.0 Å². The van der Waals surface area contributed by atoms with Gasteiger partial charge in [-0.15, -0.1) is 28.9 Å². The van der Waals surface area contributed by atoms with E-state index in [1.54, 1.807) is 18.2 Å². The van der Waals surface area contributed by atoms with Gasteiger partial charge in [0, 0.05) is 6.54 Å². The monoisotopic (exact) mass is 385 g/mol. The molecule has 1 aromatic carbocycles. The molecule has 18 heavy (non-hydrogen) atoms. The van der Waals surface area contributed by atoms with Crippen molar-refractivity contribution in [1.29, 1.82) is 0 Å². The van der Waals surface area contributed by atoms with E-state index in [-0.39, 0.29) is 30.4 Å². The fraction of sp³-hybridized carbons (Fsp3) is 0.400. The topological polar surface area (TPSA) is 3.24 Å². The zero-order valence-corrected chi connectivity index (χ0v) is 11.3. The fourth-order valence-corrected chi connectivity index (χ4v) is 1.28. The molecule has 0 aliphatic heterocycles. The molecule has 104 valence electrons. The van der Waals surface area contributed by atoms with Gasteiger partial charge in [0.05, 0.1) is 0 Å². The summed E-state index contributed by atoms with van der Waals surface area (Å²) in [4.78, 5) is -1.42. The highest BCUT2D eigenvalue weighted by Crippen LogP contribution is 2.33. The molecule has 0 saturated heterocycles. The predicted octanol–water partition coefficient (Wildman–Crippen LogP) is 4.19. The summed E-state index contributed by atoms with van der Waals surface area (Å²) in [5, 5.41) is 0. The molecule has 0 amide bonds. The van der Waals surface area contributed by atoms with Gasteiger partial charge in [-0.1, -0.05) is 30.3 Å². The average molecular weight is 385 g/mol. The minimum absolute atomic E-state index is 0. The highest BCUT2D eigenvalue weighted by Gasteiger charge is 2.53. The Hall–Kier alpha value is -0.510. The molecule has 0 aromatic heterocycles. The summed E-state index contributed by atoms with van der Waals surface area (Å²) >= 11 is 0. The molecular formula is C10H10F6IN. The second-order valence-electron chi connectivity index (χ2n) is 3.32. The quantitative estimate of drug-likeness (QED) is 0.429. The Morgan fingerprint density at radius 2 is 1.28 bits per heavy atom. The molecule has 0 bridgehead atoms. The van der Waals surface area contributed by atoms with Crippen LogP contribution in [0.15, 0.2) is 30.3 Å². The van der Waals surface area contributed by atoms with Crippen molar-refractivity contribution in [3.8, 4) is 0 Å². The van der Waals surface area contributed by atoms with E-state index in [1.165, 1.54) is 12.1 Å². The zero-order valence-electron chi connectivity index (χ0n) is 8.92. The Bertz CT molecular complexity index is 334. The van der Waals surface area contributed by atoms with Crippen LogP contribution in [0.2, 0.25) is 0 Å². The van der Waals surface area contributed by atoms with E-state index in [0.29, 0.717) is 5.56 Å². The van der Waals surface area contributed by atoms with Crippen molar-refractivity contribution in [2.75, 3.05) is 6.54 Å². The number of rotatable bonds is 3. The molecule has 0 unspecified atom stereocenters. The molecule has 8 heteroatoms. The van der Waals surface area contributed by atoms with E-state index in [4.69, 9.17) is 0 Å². The molecule has 1 aromatic rings. The molecule has 0 fully saturated rings. The van der Waals surface area contributed by atoms with Gasteiger partial charge in [0.2, 0.25) is 0 Å². The van der Waals surface area contributed by atoms with Crippen molar-refractivity contribution in [2.45, 2.75) is 19.0 Å². The number of hydrogen-bond acceptors (Lipinski definition) is 1. The number of benzene rings is 1. The summed E-state index contributed by atoms with van der Waals surface area (Å²) < 4.78 is 72.7. The average Bonchev–Trinajstić information content (AvgIpc) is 2.15. The Morgan fingerprint density at radius 3 is 1.67 bits per heavy atom. The van der Waals surface area contributed by atoms with E-state index in [0.717, 1.165) is 0 Å². The van der Waals surface area contributed by atoms with Crippen molar-refractivity contribution < 1.29 is 26.3 Å². The van der Waals surface area contributed by atoms with Crippen LogP contribution in [-0.2, 0) is 6.42 Å². The normalized spacial score (nSPS) is 12.4. The minimum Gasteiger partial charge on any atom is -0.155 e. The molecular weight excluding hydrogens is 375 g/mol. The maximum absolute atomic E-state index is 12.1. The SMILES string of the molecule is FC(F)(F)N(CCc1ccccc1)C(F)(F)F.I. The van der Waals surface area contributed by atoms with Crippen LogP contribution in [0.5, 0.6) is 0 Å². The third-order valence-corrected chi connectivity index (χ3v) is 2.08. The standard InChI is InChI=1S/C10H9F6N.HI/c11-9(12,13)17(10(14,15)16)7-6-8-4-2-1-3-5-8;/h1-5H,6-7H2;1H. The van der Waals surface area contributed by atoms with Crippen LogP contribution >= 0.6 is 24.0 Å². The predicted molar refractivity (Wildman–Crippen MR) is 64.4 cm³/mol. The molecule has 0 atom stereocenters. The van der Waals surface area contributed by atoms with Crippen LogP contribution in [0.3, 0.4) is 0 Å². The minimum atomic E-state index is -5.41. The summed E-state index contributed by atoms with van der Waals surface area (Å²) in [7, 11) is 0. The first-order valence-electron chi connectivity index (χ1n) is 4.66. The highest BCUT2D eigenvalue weighted by atomic mass is 127. The molecule has 0 N–H and O–H groups in total. The number of alkyl halides is 6. The van der Waals surface area contributed by atoms with E-state index in [2.05, 4.69) is 0 Å². The Kier molecular flexibility index (Phi) is 6.41. The van der Waals surface area contributed by atoms with Gasteiger partial charge in [-0.25, -0.2) is 0 Å². The Balaban J connectivity index is 0.00000289. The molecule has 0 heterocycles. The first-order valence-corrected chi connectivity index (χ1v) is 4.66. The zero-order chi connectivity index (χ0) is 13.1. The van der Waals surface area contributed by atoms with Crippen molar-refractivity contribution in [2.24, 2.45) is 0 Å².